The van der Waals surface area contributed by atoms with Crippen molar-refractivity contribution in [3.05, 3.63) is 21.3 Å². The van der Waals surface area contributed by atoms with Crippen LogP contribution in [0.3, 0.4) is 0 Å². The van der Waals surface area contributed by atoms with Crippen molar-refractivity contribution in [1.82, 2.24) is 5.32 Å². The zero-order valence-corrected chi connectivity index (χ0v) is 10.4. The number of carbonyl (C=O) groups excluding carboxylic acids is 1. The van der Waals surface area contributed by atoms with Gasteiger partial charge in [0.1, 0.15) is 4.88 Å². The molecule has 0 spiro atoms. The predicted molar refractivity (Wildman–Crippen MR) is 65.2 cm³/mol. The quantitative estimate of drug-likeness (QED) is 0.906. The molecular weight excluding hydrogens is 246 g/mol. The molecule has 5 heteroatoms. The highest BCUT2D eigenvalue weighted by Crippen LogP contribution is 2.21. The van der Waals surface area contributed by atoms with Crippen LogP contribution in [0.2, 0.25) is 5.02 Å². The molecule has 16 heavy (non-hydrogen) atoms. The number of hydrogen-bond acceptors (Lipinski definition) is 3. The molecule has 1 aromatic heterocycles. The maximum absolute atomic E-state index is 11.7. The molecule has 1 aliphatic rings. The molecule has 2 heterocycles. The molecule has 0 aromatic carbocycles. The van der Waals surface area contributed by atoms with Crippen molar-refractivity contribution in [3.63, 3.8) is 0 Å². The minimum Gasteiger partial charge on any atom is -0.381 e. The summed E-state index contributed by atoms with van der Waals surface area (Å²) in [5.41, 5.74) is 0. The molecule has 0 unspecified atom stereocenters. The van der Waals surface area contributed by atoms with Crippen LogP contribution in [0, 0.1) is 5.92 Å². The van der Waals surface area contributed by atoms with E-state index in [1.54, 1.807) is 6.07 Å². The van der Waals surface area contributed by atoms with Gasteiger partial charge in [-0.05, 0) is 30.2 Å². The molecule has 1 fully saturated rings. The highest BCUT2D eigenvalue weighted by atomic mass is 35.5. The molecule has 1 N–H and O–H groups in total. The standard InChI is InChI=1S/C11H14ClNO2S/c12-9-3-5-16-10(9)11(14)13-6-8-2-1-4-15-7-8/h3,5,8H,1-2,4,6-7H2,(H,13,14)/t8-/m0/s1. The first-order valence-corrected chi connectivity index (χ1v) is 6.62. The lowest BCUT2D eigenvalue weighted by Gasteiger charge is -2.22. The van der Waals surface area contributed by atoms with Gasteiger partial charge >= 0.3 is 0 Å². The van der Waals surface area contributed by atoms with Gasteiger partial charge in [-0.15, -0.1) is 11.3 Å². The fourth-order valence-corrected chi connectivity index (χ4v) is 2.80. The maximum atomic E-state index is 11.7. The molecule has 0 radical (unpaired) electrons. The molecule has 1 atom stereocenters. The SMILES string of the molecule is O=C(NC[C@@H]1CCCOC1)c1sccc1Cl. The monoisotopic (exact) mass is 259 g/mol. The zero-order valence-electron chi connectivity index (χ0n) is 8.87. The highest BCUT2D eigenvalue weighted by molar-refractivity contribution is 7.12. The molecule has 1 amide bonds. The van der Waals surface area contributed by atoms with Gasteiger partial charge in [-0.2, -0.15) is 0 Å². The Morgan fingerprint density at radius 2 is 2.56 bits per heavy atom. The topological polar surface area (TPSA) is 38.3 Å². The zero-order chi connectivity index (χ0) is 11.4. The minimum absolute atomic E-state index is 0.0782. The van der Waals surface area contributed by atoms with Crippen LogP contribution in [-0.2, 0) is 4.74 Å². The van der Waals surface area contributed by atoms with E-state index in [0.29, 0.717) is 22.4 Å². The average molecular weight is 260 g/mol. The molecule has 1 saturated heterocycles. The van der Waals surface area contributed by atoms with E-state index < -0.39 is 0 Å². The Hall–Kier alpha value is -0.580. The molecule has 88 valence electrons. The third-order valence-corrected chi connectivity index (χ3v) is 3.97. The van der Waals surface area contributed by atoms with Gasteiger partial charge in [0, 0.05) is 13.2 Å². The summed E-state index contributed by atoms with van der Waals surface area (Å²) in [6.45, 7) is 2.27. The normalized spacial score (nSPS) is 20.7. The summed E-state index contributed by atoms with van der Waals surface area (Å²) < 4.78 is 5.35. The van der Waals surface area contributed by atoms with E-state index >= 15 is 0 Å². The van der Waals surface area contributed by atoms with Gasteiger partial charge in [0.15, 0.2) is 0 Å². The number of carbonyl (C=O) groups is 1. The van der Waals surface area contributed by atoms with Crippen molar-refractivity contribution in [1.29, 1.82) is 0 Å². The maximum Gasteiger partial charge on any atom is 0.262 e. The van der Waals surface area contributed by atoms with E-state index in [-0.39, 0.29) is 5.91 Å². The Morgan fingerprint density at radius 3 is 3.19 bits per heavy atom. The van der Waals surface area contributed by atoms with Gasteiger partial charge in [0.25, 0.3) is 5.91 Å². The van der Waals surface area contributed by atoms with Crippen molar-refractivity contribution in [2.45, 2.75) is 12.8 Å². The minimum atomic E-state index is -0.0782. The number of thiophene rings is 1. The van der Waals surface area contributed by atoms with E-state index in [9.17, 15) is 4.79 Å². The first-order chi connectivity index (χ1) is 7.77. The van der Waals surface area contributed by atoms with Gasteiger partial charge in [-0.1, -0.05) is 11.6 Å². The second-order valence-corrected chi connectivity index (χ2v) is 5.21. The average Bonchev–Trinajstić information content (AvgIpc) is 2.74. The number of nitrogens with one attached hydrogen (secondary N) is 1. The number of amides is 1. The van der Waals surface area contributed by atoms with E-state index in [1.165, 1.54) is 11.3 Å². The Bertz CT molecular complexity index is 361. The van der Waals surface area contributed by atoms with Crippen LogP contribution in [0.15, 0.2) is 11.4 Å². The predicted octanol–water partition coefficient (Wildman–Crippen LogP) is 2.56. The number of rotatable bonds is 3. The molecule has 0 saturated carbocycles. The van der Waals surface area contributed by atoms with Crippen LogP contribution in [0.25, 0.3) is 0 Å². The van der Waals surface area contributed by atoms with Crippen molar-refractivity contribution in [3.8, 4) is 0 Å². The summed E-state index contributed by atoms with van der Waals surface area (Å²) in [6.07, 6.45) is 2.21. The molecule has 3 nitrogen and oxygen atoms in total. The van der Waals surface area contributed by atoms with Gasteiger partial charge in [-0.3, -0.25) is 4.79 Å². The van der Waals surface area contributed by atoms with Gasteiger partial charge < -0.3 is 10.1 Å². The lowest BCUT2D eigenvalue weighted by Crippen LogP contribution is -2.32. The number of halogens is 1. The summed E-state index contributed by atoms with van der Waals surface area (Å²) in [7, 11) is 0. The third-order valence-electron chi connectivity index (χ3n) is 2.63. The van der Waals surface area contributed by atoms with Gasteiger partial charge in [0.05, 0.1) is 11.6 Å². The summed E-state index contributed by atoms with van der Waals surface area (Å²) in [5.74, 6) is 0.363. The molecule has 1 aromatic rings. The van der Waals surface area contributed by atoms with Crippen LogP contribution < -0.4 is 5.32 Å². The van der Waals surface area contributed by atoms with E-state index in [1.807, 2.05) is 5.38 Å². The lowest BCUT2D eigenvalue weighted by atomic mass is 10.0. The van der Waals surface area contributed by atoms with Crippen molar-refractivity contribution < 1.29 is 9.53 Å². The first-order valence-electron chi connectivity index (χ1n) is 5.36. The summed E-state index contributed by atoms with van der Waals surface area (Å²) in [4.78, 5) is 12.3. The second-order valence-electron chi connectivity index (χ2n) is 3.89. The fraction of sp³-hybridized carbons (Fsp3) is 0.545. The second kappa shape index (κ2) is 5.66. The van der Waals surface area contributed by atoms with E-state index in [2.05, 4.69) is 5.32 Å². The van der Waals surface area contributed by atoms with Crippen molar-refractivity contribution in [2.75, 3.05) is 19.8 Å². The first kappa shape index (κ1) is 11.9. The summed E-state index contributed by atoms with van der Waals surface area (Å²) >= 11 is 7.25. The van der Waals surface area contributed by atoms with Crippen LogP contribution >= 0.6 is 22.9 Å². The Kier molecular flexibility index (Phi) is 4.21. The van der Waals surface area contributed by atoms with Crippen molar-refractivity contribution >= 4 is 28.8 Å². The Balaban J connectivity index is 1.81. The van der Waals surface area contributed by atoms with Gasteiger partial charge in [-0.25, -0.2) is 0 Å². The molecule has 2 rings (SSSR count). The number of hydrogen-bond donors (Lipinski definition) is 1. The highest BCUT2D eigenvalue weighted by Gasteiger charge is 2.16. The molecule has 0 aliphatic carbocycles. The summed E-state index contributed by atoms with van der Waals surface area (Å²) in [6, 6.07) is 1.74. The fourth-order valence-electron chi connectivity index (χ4n) is 1.74. The Morgan fingerprint density at radius 1 is 1.69 bits per heavy atom. The third kappa shape index (κ3) is 2.97. The van der Waals surface area contributed by atoms with E-state index in [4.69, 9.17) is 16.3 Å². The molecular formula is C11H14ClNO2S. The van der Waals surface area contributed by atoms with Crippen LogP contribution in [-0.4, -0.2) is 25.7 Å². The largest absolute Gasteiger partial charge is 0.381 e. The Labute approximate surface area is 104 Å². The summed E-state index contributed by atoms with van der Waals surface area (Å²) in [5, 5.41) is 5.25. The van der Waals surface area contributed by atoms with Crippen LogP contribution in [0.4, 0.5) is 0 Å². The van der Waals surface area contributed by atoms with Crippen LogP contribution in [0.1, 0.15) is 22.5 Å². The smallest absolute Gasteiger partial charge is 0.262 e. The van der Waals surface area contributed by atoms with E-state index in [0.717, 1.165) is 26.1 Å². The number of ether oxygens (including phenoxy) is 1. The molecule has 0 bridgehead atoms. The lowest BCUT2D eigenvalue weighted by molar-refractivity contribution is 0.0536. The van der Waals surface area contributed by atoms with Crippen LogP contribution in [0.5, 0.6) is 0 Å². The van der Waals surface area contributed by atoms with Gasteiger partial charge in [0.2, 0.25) is 0 Å². The molecule has 1 aliphatic heterocycles. The van der Waals surface area contributed by atoms with Crippen molar-refractivity contribution in [2.24, 2.45) is 5.92 Å².